The minimum absolute atomic E-state index is 0.134. The molecule has 2 aromatic carbocycles. The number of carbonyl (C=O) groups is 1. The summed E-state index contributed by atoms with van der Waals surface area (Å²) >= 11 is 0. The number of nitrogens with zero attached hydrogens (tertiary/aromatic N) is 1. The molecule has 0 aliphatic carbocycles. The number of rotatable bonds is 7. The lowest BCUT2D eigenvalue weighted by Gasteiger charge is -2.08. The molecule has 1 amide bonds. The maximum Gasteiger partial charge on any atom is 0.253 e. The highest BCUT2D eigenvalue weighted by Crippen LogP contribution is 2.13. The molecule has 5 nitrogen and oxygen atoms in total. The van der Waals surface area contributed by atoms with Gasteiger partial charge in [-0.3, -0.25) is 4.79 Å². The van der Waals surface area contributed by atoms with Gasteiger partial charge in [0.25, 0.3) is 5.91 Å². The SMILES string of the molecule is COc1ccc(CNc2ccc(C(=O)NCc3ccc(C)cc3)cn2)cc1. The highest BCUT2D eigenvalue weighted by molar-refractivity contribution is 5.94. The second kappa shape index (κ2) is 8.85. The minimum atomic E-state index is -0.134. The highest BCUT2D eigenvalue weighted by atomic mass is 16.5. The summed E-state index contributed by atoms with van der Waals surface area (Å²) in [6.45, 7) is 3.19. The lowest BCUT2D eigenvalue weighted by molar-refractivity contribution is 0.0950. The maximum atomic E-state index is 12.3. The highest BCUT2D eigenvalue weighted by Gasteiger charge is 2.06. The van der Waals surface area contributed by atoms with E-state index in [4.69, 9.17) is 4.74 Å². The molecule has 1 aromatic heterocycles. The predicted molar refractivity (Wildman–Crippen MR) is 107 cm³/mol. The monoisotopic (exact) mass is 361 g/mol. The number of methoxy groups -OCH3 is 1. The fraction of sp³-hybridized carbons (Fsp3) is 0.182. The van der Waals surface area contributed by atoms with Crippen LogP contribution in [0.3, 0.4) is 0 Å². The number of aromatic nitrogens is 1. The van der Waals surface area contributed by atoms with Crippen LogP contribution in [0.4, 0.5) is 5.82 Å². The zero-order valence-corrected chi connectivity index (χ0v) is 15.5. The third-order valence-electron chi connectivity index (χ3n) is 4.23. The number of hydrogen-bond donors (Lipinski definition) is 2. The molecule has 2 N–H and O–H groups in total. The molecule has 0 fully saturated rings. The van der Waals surface area contributed by atoms with Gasteiger partial charge in [-0.15, -0.1) is 0 Å². The molecule has 5 heteroatoms. The summed E-state index contributed by atoms with van der Waals surface area (Å²) in [5.74, 6) is 1.42. The molecule has 27 heavy (non-hydrogen) atoms. The third-order valence-corrected chi connectivity index (χ3v) is 4.23. The molecule has 3 rings (SSSR count). The van der Waals surface area contributed by atoms with E-state index in [-0.39, 0.29) is 5.91 Å². The largest absolute Gasteiger partial charge is 0.497 e. The Morgan fingerprint density at radius 2 is 1.59 bits per heavy atom. The number of amides is 1. The minimum Gasteiger partial charge on any atom is -0.497 e. The van der Waals surface area contributed by atoms with Gasteiger partial charge in [-0.25, -0.2) is 4.98 Å². The van der Waals surface area contributed by atoms with Gasteiger partial charge < -0.3 is 15.4 Å². The lowest BCUT2D eigenvalue weighted by atomic mass is 10.1. The first-order valence-corrected chi connectivity index (χ1v) is 8.80. The fourth-order valence-electron chi connectivity index (χ4n) is 2.56. The summed E-state index contributed by atoms with van der Waals surface area (Å²) in [5.41, 5.74) is 3.93. The molecule has 0 saturated heterocycles. The smallest absolute Gasteiger partial charge is 0.253 e. The molecule has 0 aliphatic rings. The molecule has 3 aromatic rings. The van der Waals surface area contributed by atoms with Crippen molar-refractivity contribution in [2.45, 2.75) is 20.0 Å². The summed E-state index contributed by atoms with van der Waals surface area (Å²) in [6.07, 6.45) is 1.58. The molecule has 1 heterocycles. The van der Waals surface area contributed by atoms with Crippen molar-refractivity contribution < 1.29 is 9.53 Å². The van der Waals surface area contributed by atoms with E-state index in [0.29, 0.717) is 18.7 Å². The second-order valence-corrected chi connectivity index (χ2v) is 6.30. The van der Waals surface area contributed by atoms with Crippen molar-refractivity contribution in [2.24, 2.45) is 0 Å². The first-order valence-electron chi connectivity index (χ1n) is 8.80. The van der Waals surface area contributed by atoms with Crippen LogP contribution < -0.4 is 15.4 Å². The quantitative estimate of drug-likeness (QED) is 0.669. The van der Waals surface area contributed by atoms with Gasteiger partial charge in [0.2, 0.25) is 0 Å². The average molecular weight is 361 g/mol. The number of anilines is 1. The molecular weight excluding hydrogens is 338 g/mol. The van der Waals surface area contributed by atoms with Gasteiger partial charge in [0.15, 0.2) is 0 Å². The Labute approximate surface area is 159 Å². The van der Waals surface area contributed by atoms with E-state index >= 15 is 0 Å². The average Bonchev–Trinajstić information content (AvgIpc) is 2.72. The van der Waals surface area contributed by atoms with Crippen molar-refractivity contribution in [3.05, 3.63) is 89.1 Å². The summed E-state index contributed by atoms with van der Waals surface area (Å²) in [5, 5.41) is 6.16. The Morgan fingerprint density at radius 3 is 2.22 bits per heavy atom. The van der Waals surface area contributed by atoms with Gasteiger partial charge in [-0.05, 0) is 42.3 Å². The van der Waals surface area contributed by atoms with Crippen LogP contribution in [0.2, 0.25) is 0 Å². The number of carbonyl (C=O) groups excluding carboxylic acids is 1. The van der Waals surface area contributed by atoms with Crippen LogP contribution in [0.5, 0.6) is 5.75 Å². The zero-order valence-electron chi connectivity index (χ0n) is 15.5. The van der Waals surface area contributed by atoms with E-state index in [9.17, 15) is 4.79 Å². The van der Waals surface area contributed by atoms with Crippen LogP contribution >= 0.6 is 0 Å². The lowest BCUT2D eigenvalue weighted by Crippen LogP contribution is -2.22. The van der Waals surface area contributed by atoms with E-state index in [0.717, 1.165) is 22.7 Å². The molecule has 0 bridgehead atoms. The van der Waals surface area contributed by atoms with Crippen molar-refractivity contribution in [3.63, 3.8) is 0 Å². The number of nitrogens with one attached hydrogen (secondary N) is 2. The molecule has 0 spiro atoms. The van der Waals surface area contributed by atoms with Crippen LogP contribution in [-0.4, -0.2) is 18.0 Å². The molecule has 0 atom stereocenters. The molecule has 138 valence electrons. The van der Waals surface area contributed by atoms with Gasteiger partial charge in [-0.2, -0.15) is 0 Å². The maximum absolute atomic E-state index is 12.3. The first kappa shape index (κ1) is 18.5. The molecule has 0 unspecified atom stereocenters. The Balaban J connectivity index is 1.51. The number of benzene rings is 2. The van der Waals surface area contributed by atoms with Crippen LogP contribution in [0.25, 0.3) is 0 Å². The Bertz CT molecular complexity index is 873. The fourth-order valence-corrected chi connectivity index (χ4v) is 2.56. The van der Waals surface area contributed by atoms with Gasteiger partial charge in [-0.1, -0.05) is 42.0 Å². The standard InChI is InChI=1S/C22H23N3O2/c1-16-3-5-17(6-4-16)14-25-22(26)19-9-12-21(24-15-19)23-13-18-7-10-20(27-2)11-8-18/h3-12,15H,13-14H2,1-2H3,(H,23,24)(H,25,26). The molecule has 0 aliphatic heterocycles. The van der Waals surface area contributed by atoms with E-state index in [1.165, 1.54) is 5.56 Å². The number of aryl methyl sites for hydroxylation is 1. The van der Waals surface area contributed by atoms with Crippen LogP contribution in [-0.2, 0) is 13.1 Å². The third kappa shape index (κ3) is 5.31. The topological polar surface area (TPSA) is 63.2 Å². The van der Waals surface area contributed by atoms with Crippen molar-refractivity contribution in [1.82, 2.24) is 10.3 Å². The molecule has 0 saturated carbocycles. The van der Waals surface area contributed by atoms with Gasteiger partial charge in [0, 0.05) is 19.3 Å². The summed E-state index contributed by atoms with van der Waals surface area (Å²) in [6, 6.07) is 19.5. The first-order chi connectivity index (χ1) is 13.1. The van der Waals surface area contributed by atoms with E-state index in [1.807, 2.05) is 61.5 Å². The molecular formula is C22H23N3O2. The summed E-state index contributed by atoms with van der Waals surface area (Å²) < 4.78 is 5.15. The van der Waals surface area contributed by atoms with Gasteiger partial charge in [0.05, 0.1) is 12.7 Å². The Morgan fingerprint density at radius 1 is 0.926 bits per heavy atom. The number of hydrogen-bond acceptors (Lipinski definition) is 4. The van der Waals surface area contributed by atoms with Crippen LogP contribution in [0.1, 0.15) is 27.0 Å². The van der Waals surface area contributed by atoms with Crippen molar-refractivity contribution in [2.75, 3.05) is 12.4 Å². The van der Waals surface area contributed by atoms with Gasteiger partial charge in [0.1, 0.15) is 11.6 Å². The Kier molecular flexibility index (Phi) is 6.05. The van der Waals surface area contributed by atoms with Crippen molar-refractivity contribution in [1.29, 1.82) is 0 Å². The second-order valence-electron chi connectivity index (χ2n) is 6.30. The normalized spacial score (nSPS) is 10.3. The number of pyridine rings is 1. The number of ether oxygens (including phenoxy) is 1. The summed E-state index contributed by atoms with van der Waals surface area (Å²) in [7, 11) is 1.65. The Hall–Kier alpha value is -3.34. The van der Waals surface area contributed by atoms with Crippen molar-refractivity contribution >= 4 is 11.7 Å². The molecule has 0 radical (unpaired) electrons. The zero-order chi connectivity index (χ0) is 19.1. The van der Waals surface area contributed by atoms with Crippen LogP contribution in [0, 0.1) is 6.92 Å². The van der Waals surface area contributed by atoms with E-state index in [2.05, 4.69) is 15.6 Å². The van der Waals surface area contributed by atoms with E-state index < -0.39 is 0 Å². The van der Waals surface area contributed by atoms with Crippen LogP contribution in [0.15, 0.2) is 66.9 Å². The van der Waals surface area contributed by atoms with E-state index in [1.54, 1.807) is 19.4 Å². The van der Waals surface area contributed by atoms with Gasteiger partial charge >= 0.3 is 0 Å². The van der Waals surface area contributed by atoms with Crippen molar-refractivity contribution in [3.8, 4) is 5.75 Å². The summed E-state index contributed by atoms with van der Waals surface area (Å²) in [4.78, 5) is 16.6. The predicted octanol–water partition coefficient (Wildman–Crippen LogP) is 3.94.